The highest BCUT2D eigenvalue weighted by molar-refractivity contribution is 5.64. The van der Waals surface area contributed by atoms with Crippen molar-refractivity contribution in [2.24, 2.45) is 0 Å². The van der Waals surface area contributed by atoms with Crippen LogP contribution in [0, 0.1) is 5.82 Å². The molecule has 0 saturated carbocycles. The zero-order valence-corrected chi connectivity index (χ0v) is 18.3. The largest absolute Gasteiger partial charge is 0.395 e. The van der Waals surface area contributed by atoms with Crippen molar-refractivity contribution in [1.29, 1.82) is 0 Å². The lowest BCUT2D eigenvalue weighted by molar-refractivity contribution is -0.0655. The molecule has 2 fully saturated rings. The first-order valence-corrected chi connectivity index (χ1v) is 11.6. The second kappa shape index (κ2) is 9.49. The van der Waals surface area contributed by atoms with Gasteiger partial charge in [-0.25, -0.2) is 4.39 Å². The normalized spacial score (nSPS) is 24.2. The Labute approximate surface area is 189 Å². The Morgan fingerprint density at radius 1 is 0.969 bits per heavy atom. The van der Waals surface area contributed by atoms with Gasteiger partial charge in [-0.15, -0.1) is 0 Å². The molecule has 32 heavy (non-hydrogen) atoms. The summed E-state index contributed by atoms with van der Waals surface area (Å²) in [6, 6.07) is 19.8. The fourth-order valence-corrected chi connectivity index (χ4v) is 5.49. The van der Waals surface area contributed by atoms with E-state index in [1.54, 1.807) is 6.07 Å². The Bertz CT molecular complexity index is 1030. The minimum atomic E-state index is -0.200. The molecule has 3 heterocycles. The number of hydrogen-bond donors (Lipinski definition) is 1. The van der Waals surface area contributed by atoms with Gasteiger partial charge in [0.2, 0.25) is 0 Å². The lowest BCUT2D eigenvalue weighted by atomic mass is 9.74. The van der Waals surface area contributed by atoms with E-state index in [1.165, 1.54) is 23.6 Å². The molecule has 3 aromatic rings. The SMILES string of the molecule is OC[C@@H]1[C@H](c2ccc(-c3ccccc3F)cc2)[C@@H]2CN(Cc3cccnc3)CCCCN12. The molecule has 0 bridgehead atoms. The van der Waals surface area contributed by atoms with Crippen molar-refractivity contribution in [3.63, 3.8) is 0 Å². The van der Waals surface area contributed by atoms with Gasteiger partial charge in [-0.05, 0) is 54.8 Å². The molecule has 1 N–H and O–H groups in total. The average Bonchev–Trinajstić information content (AvgIpc) is 2.81. The van der Waals surface area contributed by atoms with E-state index in [1.807, 2.05) is 42.7 Å². The highest BCUT2D eigenvalue weighted by Crippen LogP contribution is 2.42. The van der Waals surface area contributed by atoms with Crippen molar-refractivity contribution >= 4 is 0 Å². The summed E-state index contributed by atoms with van der Waals surface area (Å²) < 4.78 is 14.2. The Kier molecular flexibility index (Phi) is 6.30. The van der Waals surface area contributed by atoms with Crippen LogP contribution in [0.2, 0.25) is 0 Å². The number of rotatable bonds is 5. The molecular formula is C27H30FN3O. The van der Waals surface area contributed by atoms with E-state index in [4.69, 9.17) is 0 Å². The van der Waals surface area contributed by atoms with Crippen molar-refractivity contribution in [1.82, 2.24) is 14.8 Å². The molecule has 2 aliphatic heterocycles. The zero-order valence-electron chi connectivity index (χ0n) is 18.3. The molecule has 0 spiro atoms. The van der Waals surface area contributed by atoms with Gasteiger partial charge in [0.15, 0.2) is 0 Å². The van der Waals surface area contributed by atoms with E-state index >= 15 is 0 Å². The molecular weight excluding hydrogens is 401 g/mol. The zero-order chi connectivity index (χ0) is 21.9. The maximum Gasteiger partial charge on any atom is 0.131 e. The Balaban J connectivity index is 1.37. The predicted molar refractivity (Wildman–Crippen MR) is 125 cm³/mol. The van der Waals surface area contributed by atoms with Crippen LogP contribution in [0.4, 0.5) is 4.39 Å². The fraction of sp³-hybridized carbons (Fsp3) is 0.370. The molecule has 0 aliphatic carbocycles. The average molecular weight is 432 g/mol. The van der Waals surface area contributed by atoms with E-state index < -0.39 is 0 Å². The monoisotopic (exact) mass is 431 g/mol. The first kappa shape index (κ1) is 21.3. The van der Waals surface area contributed by atoms with Crippen LogP contribution in [0.25, 0.3) is 11.1 Å². The van der Waals surface area contributed by atoms with Crippen LogP contribution in [0.3, 0.4) is 0 Å². The summed E-state index contributed by atoms with van der Waals surface area (Å²) in [5, 5.41) is 10.2. The number of aromatic nitrogens is 1. The van der Waals surface area contributed by atoms with Crippen LogP contribution in [-0.4, -0.2) is 58.2 Å². The van der Waals surface area contributed by atoms with Crippen molar-refractivity contribution in [2.45, 2.75) is 37.4 Å². The molecule has 5 rings (SSSR count). The third-order valence-electron chi connectivity index (χ3n) is 7.06. The second-order valence-corrected chi connectivity index (χ2v) is 8.99. The van der Waals surface area contributed by atoms with Gasteiger partial charge < -0.3 is 5.11 Å². The van der Waals surface area contributed by atoms with Crippen LogP contribution < -0.4 is 0 Å². The molecule has 3 atom stereocenters. The number of hydrogen-bond acceptors (Lipinski definition) is 4. The molecule has 0 radical (unpaired) electrons. The lowest BCUT2D eigenvalue weighted by Crippen LogP contribution is -2.67. The molecule has 2 saturated heterocycles. The van der Waals surface area contributed by atoms with E-state index in [-0.39, 0.29) is 24.4 Å². The highest BCUT2D eigenvalue weighted by Gasteiger charge is 2.49. The summed E-state index contributed by atoms with van der Waals surface area (Å²) in [6.45, 7) is 4.17. The van der Waals surface area contributed by atoms with Gasteiger partial charge in [0.05, 0.1) is 6.61 Å². The van der Waals surface area contributed by atoms with Crippen LogP contribution >= 0.6 is 0 Å². The van der Waals surface area contributed by atoms with Gasteiger partial charge in [0.1, 0.15) is 5.82 Å². The van der Waals surface area contributed by atoms with Crippen molar-refractivity contribution < 1.29 is 9.50 Å². The first-order valence-electron chi connectivity index (χ1n) is 11.6. The number of halogens is 1. The summed E-state index contributed by atoms with van der Waals surface area (Å²) >= 11 is 0. The molecule has 0 amide bonds. The van der Waals surface area contributed by atoms with Gasteiger partial charge >= 0.3 is 0 Å². The molecule has 166 valence electrons. The van der Waals surface area contributed by atoms with E-state index in [0.717, 1.165) is 38.2 Å². The van der Waals surface area contributed by atoms with E-state index in [9.17, 15) is 9.50 Å². The second-order valence-electron chi connectivity index (χ2n) is 8.99. The summed E-state index contributed by atoms with van der Waals surface area (Å²) in [4.78, 5) is 9.29. The third-order valence-corrected chi connectivity index (χ3v) is 7.06. The molecule has 1 aromatic heterocycles. The molecule has 2 aromatic carbocycles. The standard InChI is InChI=1S/C27H30FN3O/c28-24-8-2-1-7-23(24)21-9-11-22(12-10-21)27-25-18-30(17-20-6-5-13-29-16-20)14-3-4-15-31(25)26(27)19-32/h1-2,5-13,16,25-27,32H,3-4,14-15,17-19H2/t25-,26+,27+/m0/s1. The number of aliphatic hydroxyl groups excluding tert-OH is 1. The maximum atomic E-state index is 14.2. The molecule has 0 unspecified atom stereocenters. The van der Waals surface area contributed by atoms with Gasteiger partial charge in [0.25, 0.3) is 0 Å². The van der Waals surface area contributed by atoms with Crippen LogP contribution in [0.1, 0.15) is 29.9 Å². The molecule has 5 heteroatoms. The minimum absolute atomic E-state index is 0.151. The van der Waals surface area contributed by atoms with Crippen molar-refractivity contribution in [2.75, 3.05) is 26.2 Å². The van der Waals surface area contributed by atoms with E-state index in [0.29, 0.717) is 11.6 Å². The van der Waals surface area contributed by atoms with Crippen LogP contribution in [0.15, 0.2) is 73.1 Å². The highest BCUT2D eigenvalue weighted by atomic mass is 19.1. The third kappa shape index (κ3) is 4.20. The summed E-state index contributed by atoms with van der Waals surface area (Å²) in [6.07, 6.45) is 6.09. The number of aliphatic hydroxyl groups is 1. The summed E-state index contributed by atoms with van der Waals surface area (Å²) in [5.74, 6) is 0.0820. The van der Waals surface area contributed by atoms with Gasteiger partial charge in [-0.1, -0.05) is 48.5 Å². The maximum absolute atomic E-state index is 14.2. The predicted octanol–water partition coefficient (Wildman–Crippen LogP) is 4.31. The molecule has 4 nitrogen and oxygen atoms in total. The topological polar surface area (TPSA) is 39.6 Å². The quantitative estimate of drug-likeness (QED) is 0.653. The smallest absolute Gasteiger partial charge is 0.131 e. The number of fused-ring (bicyclic) bond motifs is 1. The van der Waals surface area contributed by atoms with Gasteiger partial charge in [-0.3, -0.25) is 14.8 Å². The lowest BCUT2D eigenvalue weighted by Gasteiger charge is -2.57. The molecule has 2 aliphatic rings. The minimum Gasteiger partial charge on any atom is -0.395 e. The number of benzene rings is 2. The van der Waals surface area contributed by atoms with Crippen molar-refractivity contribution in [3.8, 4) is 11.1 Å². The summed E-state index contributed by atoms with van der Waals surface area (Å²) in [7, 11) is 0. The van der Waals surface area contributed by atoms with Gasteiger partial charge in [-0.2, -0.15) is 0 Å². The number of pyridine rings is 1. The Morgan fingerprint density at radius 2 is 1.78 bits per heavy atom. The van der Waals surface area contributed by atoms with Crippen LogP contribution in [0.5, 0.6) is 0 Å². The Hall–Kier alpha value is -2.60. The van der Waals surface area contributed by atoms with Crippen LogP contribution in [-0.2, 0) is 6.54 Å². The summed E-state index contributed by atoms with van der Waals surface area (Å²) in [5.41, 5.74) is 3.98. The first-order chi connectivity index (χ1) is 15.7. The fourth-order valence-electron chi connectivity index (χ4n) is 5.49. The van der Waals surface area contributed by atoms with Crippen molar-refractivity contribution in [3.05, 3.63) is 90.0 Å². The van der Waals surface area contributed by atoms with E-state index in [2.05, 4.69) is 33.0 Å². The number of nitrogens with zero attached hydrogens (tertiary/aromatic N) is 3. The Morgan fingerprint density at radius 3 is 2.53 bits per heavy atom. The van der Waals surface area contributed by atoms with Gasteiger partial charge in [0, 0.05) is 49.0 Å².